The van der Waals surface area contributed by atoms with Crippen molar-refractivity contribution >= 4 is 0 Å². The molecule has 182 valence electrons. The van der Waals surface area contributed by atoms with Gasteiger partial charge in [0.25, 0.3) is 0 Å². The largest absolute Gasteiger partial charge is 0.483 e. The Hall–Kier alpha value is -1.44. The predicted octanol–water partition coefficient (Wildman–Crippen LogP) is 6.49. The van der Waals surface area contributed by atoms with Crippen LogP contribution in [-0.4, -0.2) is 54.2 Å². The van der Waals surface area contributed by atoms with Gasteiger partial charge in [-0.05, 0) is 0 Å². The van der Waals surface area contributed by atoms with Gasteiger partial charge in [0.05, 0.1) is 0 Å². The highest BCUT2D eigenvalue weighted by molar-refractivity contribution is 5.20. The molecule has 0 N–H and O–H groups in total. The third-order valence-electron chi connectivity index (χ3n) is 3.05. The van der Waals surface area contributed by atoms with Crippen molar-refractivity contribution in [3.05, 3.63) is 0 Å². The van der Waals surface area contributed by atoms with E-state index in [1.165, 1.54) is 0 Å². The summed E-state index contributed by atoms with van der Waals surface area (Å²) in [5.74, 6) is -9.22. The molecule has 0 unspecified atom stereocenters. The van der Waals surface area contributed by atoms with Gasteiger partial charge in [-0.15, -0.1) is 0 Å². The lowest BCUT2D eigenvalue weighted by atomic mass is 9.80. The summed E-state index contributed by atoms with van der Waals surface area (Å²) in [6.45, 7) is 0. The van der Waals surface area contributed by atoms with E-state index in [1.807, 2.05) is 0 Å². The van der Waals surface area contributed by atoms with Crippen LogP contribution in [0.2, 0.25) is 0 Å². The first kappa shape index (κ1) is 28.6. The minimum Gasteiger partial charge on any atom is -0.268 e. The van der Waals surface area contributed by atoms with Crippen LogP contribution in [0.4, 0.5) is 87.8 Å². The molecule has 0 aliphatic heterocycles. The van der Waals surface area contributed by atoms with Gasteiger partial charge in [-0.3, -0.25) is 4.74 Å². The molecule has 0 spiro atoms. The van der Waals surface area contributed by atoms with Gasteiger partial charge in [-0.1, -0.05) is 0 Å². The van der Waals surface area contributed by atoms with E-state index in [0.717, 1.165) is 4.74 Å². The summed E-state index contributed by atoms with van der Waals surface area (Å²) in [4.78, 5) is 0. The molecule has 0 atom stereocenters. The van der Waals surface area contributed by atoms with Crippen LogP contribution in [0.25, 0.3) is 0 Å². The van der Waals surface area contributed by atoms with Gasteiger partial charge >= 0.3 is 54.2 Å². The van der Waals surface area contributed by atoms with Crippen LogP contribution in [0.3, 0.4) is 0 Å². The Morgan fingerprint density at radius 3 is 0.633 bits per heavy atom. The molecule has 0 aromatic rings. The van der Waals surface area contributed by atoms with Crippen LogP contribution in [-0.2, 0) is 4.74 Å². The summed E-state index contributed by atoms with van der Waals surface area (Å²) < 4.78 is 252. The molecule has 0 fully saturated rings. The average molecular weight is 504 g/mol. The molecule has 0 rings (SSSR count). The molecule has 0 aliphatic carbocycles. The maximum absolute atomic E-state index is 14.1. The fourth-order valence-electron chi connectivity index (χ4n) is 1.66. The van der Waals surface area contributed by atoms with Gasteiger partial charge in [-0.2, -0.15) is 74.6 Å². The second-order valence-corrected chi connectivity index (χ2v) is 5.02. The van der Waals surface area contributed by atoms with E-state index in [9.17, 15) is 87.8 Å². The molecule has 1 nitrogen and oxygen atoms in total. The molecule has 30 heavy (non-hydrogen) atoms. The van der Waals surface area contributed by atoms with Crippen LogP contribution in [0.15, 0.2) is 0 Å². The lowest BCUT2D eigenvalue weighted by molar-refractivity contribution is -0.539. The van der Waals surface area contributed by atoms with E-state index in [2.05, 4.69) is 0 Å². The van der Waals surface area contributed by atoms with Crippen LogP contribution in [0.1, 0.15) is 0 Å². The Kier molecular flexibility index (Phi) is 6.45. The molecule has 0 aromatic heterocycles. The molecular weight excluding hydrogens is 504 g/mol. The zero-order chi connectivity index (χ0) is 25.2. The highest BCUT2D eigenvalue weighted by Gasteiger charge is 2.99. The van der Waals surface area contributed by atoms with E-state index in [1.54, 1.807) is 0 Å². The van der Waals surface area contributed by atoms with E-state index in [4.69, 9.17) is 0 Å². The Bertz CT molecular complexity index is 545. The van der Waals surface area contributed by atoms with Crippen molar-refractivity contribution in [3.8, 4) is 0 Å². The second-order valence-electron chi connectivity index (χ2n) is 5.02. The molecule has 0 saturated heterocycles. The molecule has 0 aliphatic rings. The van der Waals surface area contributed by atoms with Crippen molar-refractivity contribution in [3.63, 3.8) is 0 Å². The third-order valence-corrected chi connectivity index (χ3v) is 3.05. The van der Waals surface area contributed by atoms with E-state index in [0.29, 0.717) is 0 Å². The van der Waals surface area contributed by atoms with Gasteiger partial charge in [0, 0.05) is 0 Å². The van der Waals surface area contributed by atoms with Crippen molar-refractivity contribution < 1.29 is 92.5 Å². The number of hydrogen-bond donors (Lipinski definition) is 0. The number of alkyl halides is 20. The van der Waals surface area contributed by atoms with Crippen LogP contribution in [0.5, 0.6) is 0 Å². The van der Waals surface area contributed by atoms with Crippen molar-refractivity contribution in [1.29, 1.82) is 0 Å². The summed E-state index contributed by atoms with van der Waals surface area (Å²) in [5.41, 5.74) is -18.2. The Morgan fingerprint density at radius 2 is 0.500 bits per heavy atom. The van der Waals surface area contributed by atoms with Gasteiger partial charge < -0.3 is 0 Å². The van der Waals surface area contributed by atoms with Gasteiger partial charge in [0.2, 0.25) is 0 Å². The summed E-state index contributed by atoms with van der Waals surface area (Å²) in [6.07, 6.45) is -50.3. The number of hydrogen-bond acceptors (Lipinski definition) is 1. The second kappa shape index (κ2) is 6.78. The van der Waals surface area contributed by atoms with Gasteiger partial charge in [0.1, 0.15) is 0 Å². The summed E-state index contributed by atoms with van der Waals surface area (Å²) in [6, 6.07) is 0. The summed E-state index contributed by atoms with van der Waals surface area (Å²) in [5, 5.41) is 0. The molecular formula is C9F20O. The average Bonchev–Trinajstić information content (AvgIpc) is 2.38. The molecule has 21 heteroatoms. The highest BCUT2D eigenvalue weighted by Crippen LogP contribution is 2.66. The monoisotopic (exact) mass is 504 g/mol. The van der Waals surface area contributed by atoms with E-state index >= 15 is 0 Å². The van der Waals surface area contributed by atoms with E-state index in [-0.39, 0.29) is 0 Å². The normalized spacial score (nSPS) is 16.8. The smallest absolute Gasteiger partial charge is 0.268 e. The van der Waals surface area contributed by atoms with Crippen molar-refractivity contribution in [1.82, 2.24) is 0 Å². The lowest BCUT2D eigenvalue weighted by Crippen LogP contribution is -2.81. The fourth-order valence-corrected chi connectivity index (χ4v) is 1.66. The van der Waals surface area contributed by atoms with Crippen LogP contribution in [0, 0.1) is 0 Å². The maximum Gasteiger partial charge on any atom is 0.483 e. The van der Waals surface area contributed by atoms with Crippen LogP contribution >= 0.6 is 0 Å². The minimum atomic E-state index is -9.22. The first-order valence-corrected chi connectivity index (χ1v) is 5.94. The zero-order valence-electron chi connectivity index (χ0n) is 12.5. The topological polar surface area (TPSA) is 9.23 Å². The SMILES string of the molecule is FC(F)(F)C(F)(F)OC(F)(C(F)(C(F)(F)F)C(F)(F)F)C(F)(C(F)(F)F)C(F)(F)F. The Morgan fingerprint density at radius 1 is 0.300 bits per heavy atom. The molecule has 0 bridgehead atoms. The van der Waals surface area contributed by atoms with Crippen molar-refractivity contribution in [2.45, 2.75) is 54.2 Å². The minimum absolute atomic E-state index is 0.871. The third kappa shape index (κ3) is 3.80. The zero-order valence-corrected chi connectivity index (χ0v) is 12.5. The fraction of sp³-hybridized carbons (Fsp3) is 1.00. The number of halogens is 20. The Labute approximate surface area is 148 Å². The quantitative estimate of drug-likeness (QED) is 0.398. The molecule has 0 heterocycles. The van der Waals surface area contributed by atoms with Gasteiger partial charge in [-0.25, -0.2) is 13.2 Å². The number of rotatable bonds is 4. The molecule has 0 amide bonds. The summed E-state index contributed by atoms with van der Waals surface area (Å²) >= 11 is 0. The molecule has 0 aromatic carbocycles. The molecule has 0 saturated carbocycles. The van der Waals surface area contributed by atoms with Crippen LogP contribution < -0.4 is 0 Å². The standard InChI is InChI=1S/C9F20O/c10-1(4(13,14)15,5(16,17)18)3(12,30-9(28,29)8(25,26)27)2(11,6(19,20)21)7(22,23)24. The highest BCUT2D eigenvalue weighted by atomic mass is 19.4. The summed E-state index contributed by atoms with van der Waals surface area (Å²) in [7, 11) is 0. The Balaban J connectivity index is 7.78. The van der Waals surface area contributed by atoms with Gasteiger partial charge in [0.15, 0.2) is 0 Å². The first-order valence-electron chi connectivity index (χ1n) is 5.94. The number of ether oxygens (including phenoxy) is 1. The maximum atomic E-state index is 14.1. The lowest BCUT2D eigenvalue weighted by Gasteiger charge is -2.48. The van der Waals surface area contributed by atoms with Crippen molar-refractivity contribution in [2.75, 3.05) is 0 Å². The first-order chi connectivity index (χ1) is 12.5. The van der Waals surface area contributed by atoms with E-state index < -0.39 is 54.2 Å². The van der Waals surface area contributed by atoms with Crippen molar-refractivity contribution in [2.24, 2.45) is 0 Å². The molecule has 0 radical (unpaired) electrons. The predicted molar refractivity (Wildman–Crippen MR) is 47.8 cm³/mol.